The van der Waals surface area contributed by atoms with Gasteiger partial charge in [0.05, 0.1) is 16.8 Å². The minimum absolute atomic E-state index is 0.00145. The highest BCUT2D eigenvalue weighted by Gasteiger charge is 2.69. The molecule has 0 aliphatic heterocycles. The van der Waals surface area contributed by atoms with E-state index >= 15 is 0 Å². The van der Waals surface area contributed by atoms with Crippen molar-refractivity contribution in [3.8, 4) is 0 Å². The summed E-state index contributed by atoms with van der Waals surface area (Å²) in [6, 6.07) is -0.844. The highest BCUT2D eigenvalue weighted by Crippen LogP contribution is 2.75. The van der Waals surface area contributed by atoms with Crippen LogP contribution in [0.4, 0.5) is 0 Å². The molecule has 6 nitrogen and oxygen atoms in total. The van der Waals surface area contributed by atoms with E-state index in [2.05, 4.69) is 59.9 Å². The molecule has 0 spiro atoms. The SMILES string of the molecule is CC[C@H](C)[C@H](NC(=O)[C@]12CCC(C)(C)C[C@H]1C1=CC[C@@H]3[C@@]4(C)Cc5nccnc5C(C)(C)[C@@H]4CC[C@@]3(C)[C@]1(C)CC2)C(=O)O. The quantitative estimate of drug-likeness (QED) is 0.334. The molecule has 242 valence electrons. The summed E-state index contributed by atoms with van der Waals surface area (Å²) >= 11 is 0. The molecule has 6 heteroatoms. The molecule has 0 radical (unpaired) electrons. The van der Waals surface area contributed by atoms with E-state index in [1.54, 1.807) is 0 Å². The first kappa shape index (κ1) is 31.7. The second-order valence-corrected chi connectivity index (χ2v) is 17.8. The molecule has 1 aromatic heterocycles. The monoisotopic (exact) mass is 603 g/mol. The van der Waals surface area contributed by atoms with Gasteiger partial charge in [-0.3, -0.25) is 14.8 Å². The van der Waals surface area contributed by atoms with E-state index in [0.717, 1.165) is 51.4 Å². The van der Waals surface area contributed by atoms with Gasteiger partial charge in [0, 0.05) is 17.8 Å². The maximum absolute atomic E-state index is 14.5. The maximum atomic E-state index is 14.5. The van der Waals surface area contributed by atoms with Crippen molar-refractivity contribution >= 4 is 11.9 Å². The number of aromatic nitrogens is 2. The van der Waals surface area contributed by atoms with Gasteiger partial charge in [-0.15, -0.1) is 0 Å². The van der Waals surface area contributed by atoms with Crippen LogP contribution in [0.1, 0.15) is 131 Å². The molecule has 5 aliphatic carbocycles. The van der Waals surface area contributed by atoms with Crippen LogP contribution >= 0.6 is 0 Å². The van der Waals surface area contributed by atoms with Gasteiger partial charge in [0.25, 0.3) is 0 Å². The van der Waals surface area contributed by atoms with E-state index in [1.807, 2.05) is 26.2 Å². The Bertz CT molecular complexity index is 1380. The van der Waals surface area contributed by atoms with Crippen molar-refractivity contribution in [2.75, 3.05) is 0 Å². The minimum atomic E-state index is -0.920. The molecule has 5 aliphatic rings. The largest absolute Gasteiger partial charge is 0.480 e. The molecule has 0 saturated heterocycles. The molecule has 44 heavy (non-hydrogen) atoms. The summed E-state index contributed by atoms with van der Waals surface area (Å²) in [5, 5.41) is 13.2. The summed E-state index contributed by atoms with van der Waals surface area (Å²) < 4.78 is 0. The van der Waals surface area contributed by atoms with Gasteiger partial charge in [0.1, 0.15) is 6.04 Å². The maximum Gasteiger partial charge on any atom is 0.326 e. The average molecular weight is 604 g/mol. The predicted molar refractivity (Wildman–Crippen MR) is 174 cm³/mol. The van der Waals surface area contributed by atoms with Crippen LogP contribution in [0.5, 0.6) is 0 Å². The standard InChI is InChI=1S/C38H57N3O3/c1-10-23(2)29(31(42)43)41-32(44)38-17-15-33(3,4)21-25(38)24-11-12-28-35(7)22-26-30(40-20-19-39-26)34(5,6)27(35)13-14-37(28,9)36(24,8)16-18-38/h11,19-20,23,25,27-29H,10,12-18,21-22H2,1-9H3,(H,41,44)(H,42,43)/t23-,25-,27-,28+,29-,35-,36+,37+,38-/m0/s1. The molecule has 1 aromatic rings. The fourth-order valence-corrected chi connectivity index (χ4v) is 12.0. The van der Waals surface area contributed by atoms with Gasteiger partial charge in [-0.25, -0.2) is 4.79 Å². The summed E-state index contributed by atoms with van der Waals surface area (Å²) in [4.78, 5) is 36.5. The molecule has 1 heterocycles. The van der Waals surface area contributed by atoms with Crippen LogP contribution in [-0.2, 0) is 21.4 Å². The molecule has 0 unspecified atom stereocenters. The second-order valence-electron chi connectivity index (χ2n) is 17.8. The zero-order valence-electron chi connectivity index (χ0n) is 28.8. The van der Waals surface area contributed by atoms with Crippen molar-refractivity contribution in [2.24, 2.45) is 50.7 Å². The van der Waals surface area contributed by atoms with Crippen LogP contribution in [0.25, 0.3) is 0 Å². The Hall–Kier alpha value is -2.24. The number of carbonyl (C=O) groups excluding carboxylic acids is 1. The number of nitrogens with zero attached hydrogens (tertiary/aromatic N) is 2. The lowest BCUT2D eigenvalue weighted by Crippen LogP contribution is -2.65. The lowest BCUT2D eigenvalue weighted by Gasteiger charge is -2.70. The number of hydrogen-bond acceptors (Lipinski definition) is 4. The number of carboxylic acid groups (broad SMARTS) is 1. The van der Waals surface area contributed by atoms with E-state index in [-0.39, 0.29) is 44.8 Å². The van der Waals surface area contributed by atoms with Gasteiger partial charge < -0.3 is 10.4 Å². The van der Waals surface area contributed by atoms with Gasteiger partial charge in [-0.05, 0) is 103 Å². The predicted octanol–water partition coefficient (Wildman–Crippen LogP) is 7.91. The van der Waals surface area contributed by atoms with Crippen LogP contribution in [0.15, 0.2) is 24.0 Å². The Kier molecular flexibility index (Phi) is 7.30. The van der Waals surface area contributed by atoms with Gasteiger partial charge >= 0.3 is 5.97 Å². The van der Waals surface area contributed by atoms with Crippen LogP contribution < -0.4 is 5.32 Å². The molecule has 2 N–H and O–H groups in total. The van der Waals surface area contributed by atoms with Crippen LogP contribution in [0.3, 0.4) is 0 Å². The third-order valence-corrected chi connectivity index (χ3v) is 14.9. The van der Waals surface area contributed by atoms with Gasteiger partial charge in [-0.1, -0.05) is 80.4 Å². The average Bonchev–Trinajstić information content (AvgIpc) is 2.95. The van der Waals surface area contributed by atoms with Crippen molar-refractivity contribution in [1.29, 1.82) is 0 Å². The number of fused-ring (bicyclic) bond motifs is 8. The molecule has 3 fully saturated rings. The Balaban J connectivity index is 1.41. The number of nitrogens with one attached hydrogen (secondary N) is 1. The number of carbonyl (C=O) groups is 2. The molecule has 3 saturated carbocycles. The Labute approximate surface area is 265 Å². The normalized spacial score (nSPS) is 41.3. The van der Waals surface area contributed by atoms with E-state index < -0.39 is 17.4 Å². The Morgan fingerprint density at radius 1 is 0.977 bits per heavy atom. The van der Waals surface area contributed by atoms with Gasteiger partial charge in [0.2, 0.25) is 5.91 Å². The van der Waals surface area contributed by atoms with E-state index in [1.165, 1.54) is 29.8 Å². The van der Waals surface area contributed by atoms with Crippen molar-refractivity contribution in [3.63, 3.8) is 0 Å². The summed E-state index contributed by atoms with van der Waals surface area (Å²) in [5.41, 5.74) is 3.71. The van der Waals surface area contributed by atoms with E-state index in [9.17, 15) is 14.7 Å². The topological polar surface area (TPSA) is 92.2 Å². The molecular formula is C38H57N3O3. The third kappa shape index (κ3) is 4.24. The lowest BCUT2D eigenvalue weighted by atomic mass is 9.33. The van der Waals surface area contributed by atoms with Gasteiger partial charge in [0.15, 0.2) is 0 Å². The highest BCUT2D eigenvalue weighted by atomic mass is 16.4. The Morgan fingerprint density at radius 3 is 2.34 bits per heavy atom. The van der Waals surface area contributed by atoms with Gasteiger partial charge in [-0.2, -0.15) is 0 Å². The minimum Gasteiger partial charge on any atom is -0.480 e. The second kappa shape index (κ2) is 10.1. The third-order valence-electron chi connectivity index (χ3n) is 14.9. The van der Waals surface area contributed by atoms with Crippen LogP contribution in [0, 0.1) is 50.7 Å². The molecule has 0 aromatic carbocycles. The molecule has 9 atom stereocenters. The van der Waals surface area contributed by atoms with Crippen molar-refractivity contribution in [1.82, 2.24) is 15.3 Å². The zero-order valence-corrected chi connectivity index (χ0v) is 28.8. The first-order valence-electron chi connectivity index (χ1n) is 17.5. The highest BCUT2D eigenvalue weighted by molar-refractivity contribution is 5.88. The number of allylic oxidation sites excluding steroid dienone is 2. The number of hydrogen-bond donors (Lipinski definition) is 2. The fourth-order valence-electron chi connectivity index (χ4n) is 12.0. The van der Waals surface area contributed by atoms with E-state index in [0.29, 0.717) is 11.8 Å². The van der Waals surface area contributed by atoms with Crippen LogP contribution in [-0.4, -0.2) is 33.0 Å². The fraction of sp³-hybridized carbons (Fsp3) is 0.789. The summed E-state index contributed by atoms with van der Waals surface area (Å²) in [5.74, 6) is 0.175. The summed E-state index contributed by atoms with van der Waals surface area (Å²) in [6.45, 7) is 21.2. The smallest absolute Gasteiger partial charge is 0.326 e. The van der Waals surface area contributed by atoms with Crippen LogP contribution in [0.2, 0.25) is 0 Å². The number of amides is 1. The first-order valence-corrected chi connectivity index (χ1v) is 17.5. The molecular weight excluding hydrogens is 546 g/mol. The molecule has 0 bridgehead atoms. The molecule has 1 amide bonds. The van der Waals surface area contributed by atoms with E-state index in [4.69, 9.17) is 9.97 Å². The van der Waals surface area contributed by atoms with Crippen molar-refractivity contribution in [2.45, 2.75) is 138 Å². The van der Waals surface area contributed by atoms with Crippen molar-refractivity contribution in [3.05, 3.63) is 35.4 Å². The molecule has 6 rings (SSSR count). The number of carboxylic acids is 1. The number of aliphatic carboxylic acids is 1. The number of rotatable bonds is 5. The zero-order chi connectivity index (χ0) is 32.1. The Morgan fingerprint density at radius 2 is 1.66 bits per heavy atom. The summed E-state index contributed by atoms with van der Waals surface area (Å²) in [7, 11) is 0. The van der Waals surface area contributed by atoms with Crippen molar-refractivity contribution < 1.29 is 14.7 Å². The summed E-state index contributed by atoms with van der Waals surface area (Å²) in [6.07, 6.45) is 16.1. The first-order chi connectivity index (χ1) is 20.5. The lowest BCUT2D eigenvalue weighted by molar-refractivity contribution is -0.169.